The normalized spacial score (nSPS) is 12.2. The molecular weight excluding hydrogens is 372 g/mol. The van der Waals surface area contributed by atoms with E-state index < -0.39 is 0 Å². The molecule has 1 aliphatic rings. The Labute approximate surface area is 166 Å². The highest BCUT2D eigenvalue weighted by Gasteiger charge is 2.26. The molecule has 0 saturated carbocycles. The number of rotatable bonds is 3. The Bertz CT molecular complexity index is 1270. The molecule has 5 rings (SSSR count). The fourth-order valence-electron chi connectivity index (χ4n) is 3.50. The fourth-order valence-corrected chi connectivity index (χ4v) is 3.50. The van der Waals surface area contributed by atoms with Crippen molar-refractivity contribution in [2.75, 3.05) is 14.2 Å². The van der Waals surface area contributed by atoms with E-state index in [0.29, 0.717) is 52.4 Å². The van der Waals surface area contributed by atoms with E-state index in [9.17, 15) is 5.11 Å². The average molecular weight is 390 g/mol. The molecule has 2 aromatic carbocycles. The number of fused-ring (bicyclic) bond motifs is 4. The van der Waals surface area contributed by atoms with Crippen LogP contribution in [0.3, 0.4) is 0 Å². The second-order valence-electron chi connectivity index (χ2n) is 6.75. The van der Waals surface area contributed by atoms with Gasteiger partial charge in [0.15, 0.2) is 11.5 Å². The second kappa shape index (κ2) is 6.37. The van der Waals surface area contributed by atoms with Gasteiger partial charge in [-0.15, -0.1) is 5.10 Å². The van der Waals surface area contributed by atoms with E-state index in [1.54, 1.807) is 30.9 Å². The number of phenolic OH excluding ortho intramolecular Hbond substituents is 1. The third kappa shape index (κ3) is 2.72. The first-order chi connectivity index (χ1) is 14.1. The van der Waals surface area contributed by atoms with Crippen molar-refractivity contribution in [3.63, 3.8) is 0 Å². The molecule has 146 valence electrons. The Morgan fingerprint density at radius 3 is 2.55 bits per heavy atom. The van der Waals surface area contributed by atoms with Crippen molar-refractivity contribution < 1.29 is 19.3 Å². The van der Waals surface area contributed by atoms with Gasteiger partial charge in [0.1, 0.15) is 28.8 Å². The number of methoxy groups -OCH3 is 2. The highest BCUT2D eigenvalue weighted by molar-refractivity contribution is 5.71. The minimum Gasteiger partial charge on any atom is -0.507 e. The van der Waals surface area contributed by atoms with Crippen LogP contribution in [0.1, 0.15) is 17.0 Å². The van der Waals surface area contributed by atoms with Gasteiger partial charge in [0.05, 0.1) is 25.3 Å². The summed E-state index contributed by atoms with van der Waals surface area (Å²) >= 11 is 0. The molecule has 8 heteroatoms. The number of ether oxygens (including phenoxy) is 3. The minimum absolute atomic E-state index is 0.0316. The van der Waals surface area contributed by atoms with E-state index >= 15 is 0 Å². The highest BCUT2D eigenvalue weighted by atomic mass is 16.5. The van der Waals surface area contributed by atoms with E-state index in [0.717, 1.165) is 11.1 Å². The van der Waals surface area contributed by atoms with Crippen LogP contribution in [0.4, 0.5) is 0 Å². The maximum atomic E-state index is 10.5. The first-order valence-electron chi connectivity index (χ1n) is 9.06. The molecule has 1 aliphatic heterocycles. The number of aromatic hydroxyl groups is 1. The van der Waals surface area contributed by atoms with E-state index in [-0.39, 0.29) is 5.75 Å². The molecule has 2 aromatic heterocycles. The van der Waals surface area contributed by atoms with Gasteiger partial charge >= 0.3 is 0 Å². The lowest BCUT2D eigenvalue weighted by molar-refractivity contribution is 0.402. The lowest BCUT2D eigenvalue weighted by Crippen LogP contribution is -2.10. The van der Waals surface area contributed by atoms with Crippen molar-refractivity contribution >= 4 is 5.65 Å². The molecule has 0 saturated heterocycles. The smallest absolute Gasteiger partial charge is 0.228 e. The summed E-state index contributed by atoms with van der Waals surface area (Å²) in [7, 11) is 3.16. The van der Waals surface area contributed by atoms with Crippen molar-refractivity contribution in [3.8, 4) is 40.3 Å². The van der Waals surface area contributed by atoms with Gasteiger partial charge < -0.3 is 19.3 Å². The molecular formula is C21H18N4O4. The molecule has 0 aliphatic carbocycles. The SMILES string of the molecule is COc1ccc(-c2nc3c(c4nc(C)nn24)Cc2ccc(OC)cc2O3)c(O)c1. The van der Waals surface area contributed by atoms with Gasteiger partial charge in [-0.2, -0.15) is 9.50 Å². The topological polar surface area (TPSA) is 91.0 Å². The van der Waals surface area contributed by atoms with Crippen molar-refractivity contribution in [3.05, 3.63) is 53.3 Å². The Morgan fingerprint density at radius 1 is 1.03 bits per heavy atom. The third-order valence-corrected chi connectivity index (χ3v) is 4.94. The van der Waals surface area contributed by atoms with Crippen LogP contribution in [0.25, 0.3) is 17.0 Å². The molecule has 0 atom stereocenters. The zero-order valence-electron chi connectivity index (χ0n) is 16.1. The van der Waals surface area contributed by atoms with Gasteiger partial charge in [0.2, 0.25) is 5.88 Å². The zero-order chi connectivity index (χ0) is 20.1. The number of hydrogen-bond donors (Lipinski definition) is 1. The molecule has 4 aromatic rings. The number of hydrogen-bond acceptors (Lipinski definition) is 7. The van der Waals surface area contributed by atoms with Gasteiger partial charge in [-0.3, -0.25) is 0 Å². The minimum atomic E-state index is 0.0316. The zero-order valence-corrected chi connectivity index (χ0v) is 16.1. The van der Waals surface area contributed by atoms with Crippen LogP contribution in [0.2, 0.25) is 0 Å². The Morgan fingerprint density at radius 2 is 1.79 bits per heavy atom. The molecule has 1 N–H and O–H groups in total. The summed E-state index contributed by atoms with van der Waals surface area (Å²) in [6.45, 7) is 1.82. The van der Waals surface area contributed by atoms with E-state index in [4.69, 9.17) is 19.2 Å². The number of aromatic nitrogens is 4. The Hall–Kier alpha value is -3.81. The molecule has 8 nitrogen and oxygen atoms in total. The highest BCUT2D eigenvalue weighted by Crippen LogP contribution is 2.41. The molecule has 0 bridgehead atoms. The summed E-state index contributed by atoms with van der Waals surface area (Å²) in [4.78, 5) is 9.28. The standard InChI is InChI=1S/C21H18N4O4/c1-11-22-20-16-8-12-4-5-14(28-3)10-18(12)29-21(16)23-19(25(20)24-11)15-7-6-13(27-2)9-17(15)26/h4-7,9-10,26H,8H2,1-3H3. The third-order valence-electron chi connectivity index (χ3n) is 4.94. The Kier molecular flexibility index (Phi) is 3.80. The molecule has 29 heavy (non-hydrogen) atoms. The summed E-state index contributed by atoms with van der Waals surface area (Å²) in [5.74, 6) is 3.46. The van der Waals surface area contributed by atoms with Crippen LogP contribution in [0.15, 0.2) is 36.4 Å². The predicted octanol–water partition coefficient (Wildman–Crippen LogP) is 3.52. The summed E-state index contributed by atoms with van der Waals surface area (Å²) in [6.07, 6.45) is 0.609. The largest absolute Gasteiger partial charge is 0.507 e. The molecule has 0 spiro atoms. The summed E-state index contributed by atoms with van der Waals surface area (Å²) < 4.78 is 18.2. The second-order valence-corrected chi connectivity index (χ2v) is 6.75. The summed E-state index contributed by atoms with van der Waals surface area (Å²) in [6, 6.07) is 10.7. The van der Waals surface area contributed by atoms with Crippen LogP contribution in [0, 0.1) is 6.92 Å². The monoisotopic (exact) mass is 390 g/mol. The van der Waals surface area contributed by atoms with E-state index in [1.165, 1.54) is 6.07 Å². The fraction of sp³-hybridized carbons (Fsp3) is 0.190. The van der Waals surface area contributed by atoms with Crippen molar-refractivity contribution in [1.29, 1.82) is 0 Å². The van der Waals surface area contributed by atoms with Crippen LogP contribution in [-0.4, -0.2) is 38.9 Å². The summed E-state index contributed by atoms with van der Waals surface area (Å²) in [5.41, 5.74) is 3.02. The number of nitrogens with zero attached hydrogens (tertiary/aromatic N) is 4. The van der Waals surface area contributed by atoms with Gasteiger partial charge in [-0.25, -0.2) is 4.98 Å². The van der Waals surface area contributed by atoms with Crippen molar-refractivity contribution in [1.82, 2.24) is 19.6 Å². The summed E-state index contributed by atoms with van der Waals surface area (Å²) in [5, 5.41) is 15.0. The van der Waals surface area contributed by atoms with Crippen LogP contribution < -0.4 is 14.2 Å². The number of benzene rings is 2. The quantitative estimate of drug-likeness (QED) is 0.504. The van der Waals surface area contributed by atoms with Gasteiger partial charge in [0, 0.05) is 18.6 Å². The van der Waals surface area contributed by atoms with Crippen molar-refractivity contribution in [2.24, 2.45) is 0 Å². The van der Waals surface area contributed by atoms with Crippen LogP contribution in [0.5, 0.6) is 28.9 Å². The molecule has 0 fully saturated rings. The average Bonchev–Trinajstić information content (AvgIpc) is 3.13. The lowest BCUT2D eigenvalue weighted by atomic mass is 10.0. The van der Waals surface area contributed by atoms with Crippen molar-refractivity contribution in [2.45, 2.75) is 13.3 Å². The first-order valence-corrected chi connectivity index (χ1v) is 9.06. The van der Waals surface area contributed by atoms with Crippen LogP contribution in [-0.2, 0) is 6.42 Å². The molecule has 3 heterocycles. The first kappa shape index (κ1) is 17.3. The van der Waals surface area contributed by atoms with E-state index in [1.807, 2.05) is 25.1 Å². The Balaban J connectivity index is 1.72. The number of aryl methyl sites for hydroxylation is 1. The molecule has 0 unspecified atom stereocenters. The predicted molar refractivity (Wildman–Crippen MR) is 105 cm³/mol. The van der Waals surface area contributed by atoms with Gasteiger partial charge in [-0.1, -0.05) is 6.07 Å². The van der Waals surface area contributed by atoms with Gasteiger partial charge in [-0.05, 0) is 30.7 Å². The maximum Gasteiger partial charge on any atom is 0.228 e. The van der Waals surface area contributed by atoms with Crippen LogP contribution >= 0.6 is 0 Å². The maximum absolute atomic E-state index is 10.5. The lowest BCUT2D eigenvalue weighted by Gasteiger charge is -2.21. The molecule has 0 radical (unpaired) electrons. The molecule has 0 amide bonds. The number of phenols is 1. The van der Waals surface area contributed by atoms with Gasteiger partial charge in [0.25, 0.3) is 0 Å². The van der Waals surface area contributed by atoms with E-state index in [2.05, 4.69) is 10.1 Å².